The van der Waals surface area contributed by atoms with E-state index in [4.69, 9.17) is 4.74 Å². The van der Waals surface area contributed by atoms with Crippen molar-refractivity contribution < 1.29 is 9.26 Å². The van der Waals surface area contributed by atoms with Crippen molar-refractivity contribution in [2.24, 2.45) is 0 Å². The molecule has 30 heavy (non-hydrogen) atoms. The number of aromatic amines is 1. The lowest BCUT2D eigenvalue weighted by Gasteiger charge is -2.09. The normalized spacial score (nSPS) is 11.1. The van der Waals surface area contributed by atoms with Crippen molar-refractivity contribution in [1.82, 2.24) is 15.5 Å². The van der Waals surface area contributed by atoms with E-state index in [0.717, 1.165) is 25.1 Å². The molecule has 0 spiro atoms. The molecule has 0 aliphatic rings. The summed E-state index contributed by atoms with van der Waals surface area (Å²) in [5.74, 6) is 0.949. The summed E-state index contributed by atoms with van der Waals surface area (Å²) in [6.07, 6.45) is 2.64. The van der Waals surface area contributed by atoms with Crippen LogP contribution in [0.1, 0.15) is 23.4 Å². The average molecular weight is 403 g/mol. The molecule has 6 heteroatoms. The third-order valence-electron chi connectivity index (χ3n) is 4.95. The summed E-state index contributed by atoms with van der Waals surface area (Å²) in [4.78, 5) is 13.5. The van der Waals surface area contributed by atoms with Crippen molar-refractivity contribution in [2.45, 2.75) is 25.8 Å². The molecule has 0 unspecified atom stereocenters. The number of aromatic nitrogens is 2. The summed E-state index contributed by atoms with van der Waals surface area (Å²) in [6.45, 7) is 2.16. The van der Waals surface area contributed by atoms with Crippen LogP contribution in [-0.2, 0) is 19.4 Å². The molecule has 1 heterocycles. The molecule has 1 aromatic heterocycles. The van der Waals surface area contributed by atoms with Crippen LogP contribution in [0.15, 0.2) is 76.0 Å². The standard InChI is InChI=1S/C24H25N3O3/c28-24-26-23(27-30-24)12-13-25-17-19-8-9-21-16-22(11-10-20(21)15-19)29-14-4-7-18-5-2-1-3-6-18/h1-3,5-6,8-11,15-16,25H,4,7,12-14,17H2,(H,26,27,28). The van der Waals surface area contributed by atoms with Gasteiger partial charge in [0, 0.05) is 19.5 Å². The summed E-state index contributed by atoms with van der Waals surface area (Å²) < 4.78 is 10.4. The highest BCUT2D eigenvalue weighted by atomic mass is 16.5. The zero-order valence-corrected chi connectivity index (χ0v) is 16.8. The largest absolute Gasteiger partial charge is 0.494 e. The number of H-pyrrole nitrogens is 1. The van der Waals surface area contributed by atoms with Crippen LogP contribution < -0.4 is 15.8 Å². The fourth-order valence-electron chi connectivity index (χ4n) is 3.39. The lowest BCUT2D eigenvalue weighted by atomic mass is 10.1. The highest BCUT2D eigenvalue weighted by Crippen LogP contribution is 2.22. The molecule has 3 aromatic carbocycles. The van der Waals surface area contributed by atoms with Gasteiger partial charge in [-0.1, -0.05) is 53.7 Å². The van der Waals surface area contributed by atoms with Crippen LogP contribution in [0.2, 0.25) is 0 Å². The van der Waals surface area contributed by atoms with Crippen LogP contribution in [0, 0.1) is 0 Å². The van der Waals surface area contributed by atoms with Gasteiger partial charge in [0.05, 0.1) is 6.61 Å². The van der Waals surface area contributed by atoms with Crippen molar-refractivity contribution in [2.75, 3.05) is 13.2 Å². The van der Waals surface area contributed by atoms with Crippen molar-refractivity contribution in [3.8, 4) is 5.75 Å². The van der Waals surface area contributed by atoms with Gasteiger partial charge in [-0.25, -0.2) is 4.79 Å². The Morgan fingerprint density at radius 2 is 1.77 bits per heavy atom. The number of hydrogen-bond acceptors (Lipinski definition) is 5. The third kappa shape index (κ3) is 5.58. The first kappa shape index (κ1) is 19.9. The number of ether oxygens (including phenoxy) is 1. The molecule has 6 nitrogen and oxygen atoms in total. The summed E-state index contributed by atoms with van der Waals surface area (Å²) in [7, 11) is 0. The van der Waals surface area contributed by atoms with E-state index in [9.17, 15) is 4.79 Å². The van der Waals surface area contributed by atoms with Crippen molar-refractivity contribution in [1.29, 1.82) is 0 Å². The van der Waals surface area contributed by atoms with Crippen LogP contribution in [0.3, 0.4) is 0 Å². The molecule has 0 saturated carbocycles. The predicted octanol–water partition coefficient (Wildman–Crippen LogP) is 3.86. The van der Waals surface area contributed by atoms with Crippen molar-refractivity contribution in [3.05, 3.63) is 94.2 Å². The number of nitrogens with one attached hydrogen (secondary N) is 2. The van der Waals surface area contributed by atoms with Crippen LogP contribution in [0.25, 0.3) is 10.8 Å². The Labute approximate surface area is 174 Å². The fraction of sp³-hybridized carbons (Fsp3) is 0.250. The van der Waals surface area contributed by atoms with Gasteiger partial charge in [0.1, 0.15) is 5.75 Å². The Morgan fingerprint density at radius 1 is 0.933 bits per heavy atom. The molecule has 0 radical (unpaired) electrons. The second-order valence-corrected chi connectivity index (χ2v) is 7.25. The SMILES string of the molecule is O=c1[nH]c(CCNCc2ccc3cc(OCCCc4ccccc4)ccc3c2)no1. The van der Waals surface area contributed by atoms with E-state index in [0.29, 0.717) is 25.4 Å². The molecule has 2 N–H and O–H groups in total. The first-order valence-electron chi connectivity index (χ1n) is 10.2. The van der Waals surface area contributed by atoms with Gasteiger partial charge < -0.3 is 10.1 Å². The predicted molar refractivity (Wildman–Crippen MR) is 117 cm³/mol. The first-order chi connectivity index (χ1) is 14.8. The van der Waals surface area contributed by atoms with Crippen molar-refractivity contribution in [3.63, 3.8) is 0 Å². The van der Waals surface area contributed by atoms with Gasteiger partial charge in [0.25, 0.3) is 0 Å². The molecule has 0 bridgehead atoms. The molecular formula is C24H25N3O3. The molecule has 4 rings (SSSR count). The van der Waals surface area contributed by atoms with E-state index in [1.807, 2.05) is 12.1 Å². The smallest absolute Gasteiger partial charge is 0.438 e. The van der Waals surface area contributed by atoms with Crippen LogP contribution >= 0.6 is 0 Å². The highest BCUT2D eigenvalue weighted by molar-refractivity contribution is 5.84. The number of hydrogen-bond donors (Lipinski definition) is 2. The quantitative estimate of drug-likeness (QED) is 0.393. The molecule has 0 saturated heterocycles. The Hall–Kier alpha value is -3.38. The Kier molecular flexibility index (Phi) is 6.57. The first-order valence-corrected chi connectivity index (χ1v) is 10.2. The van der Waals surface area contributed by atoms with Crippen LogP contribution in [0.5, 0.6) is 5.75 Å². The maximum absolute atomic E-state index is 10.9. The van der Waals surface area contributed by atoms with Gasteiger partial charge in [-0.15, -0.1) is 0 Å². The summed E-state index contributed by atoms with van der Waals surface area (Å²) in [5.41, 5.74) is 2.54. The maximum Gasteiger partial charge on any atom is 0.438 e. The number of aryl methyl sites for hydroxylation is 1. The zero-order chi connectivity index (χ0) is 20.6. The minimum atomic E-state index is -0.515. The number of rotatable bonds is 10. The van der Waals surface area contributed by atoms with Gasteiger partial charge in [-0.3, -0.25) is 9.51 Å². The van der Waals surface area contributed by atoms with Gasteiger partial charge in [0.15, 0.2) is 5.82 Å². The van der Waals surface area contributed by atoms with E-state index in [1.165, 1.54) is 21.9 Å². The lowest BCUT2D eigenvalue weighted by molar-refractivity contribution is 0.311. The van der Waals surface area contributed by atoms with E-state index in [-0.39, 0.29) is 0 Å². The van der Waals surface area contributed by atoms with Gasteiger partial charge in [-0.05, 0) is 52.9 Å². The highest BCUT2D eigenvalue weighted by Gasteiger charge is 2.02. The molecule has 0 aliphatic carbocycles. The number of fused-ring (bicyclic) bond motifs is 1. The molecule has 0 amide bonds. The fourth-order valence-corrected chi connectivity index (χ4v) is 3.39. The van der Waals surface area contributed by atoms with E-state index in [2.05, 4.69) is 74.6 Å². The summed E-state index contributed by atoms with van der Waals surface area (Å²) in [5, 5.41) is 9.36. The van der Waals surface area contributed by atoms with E-state index >= 15 is 0 Å². The molecule has 0 fully saturated rings. The maximum atomic E-state index is 10.9. The van der Waals surface area contributed by atoms with Gasteiger partial charge in [0.2, 0.25) is 0 Å². The van der Waals surface area contributed by atoms with Gasteiger partial charge in [-0.2, -0.15) is 0 Å². The minimum absolute atomic E-state index is 0.515. The monoisotopic (exact) mass is 403 g/mol. The van der Waals surface area contributed by atoms with E-state index in [1.54, 1.807) is 0 Å². The number of benzene rings is 3. The van der Waals surface area contributed by atoms with Crippen molar-refractivity contribution >= 4 is 10.8 Å². The summed E-state index contributed by atoms with van der Waals surface area (Å²) in [6, 6.07) is 23.1. The Balaban J connectivity index is 1.25. The molecular weight excluding hydrogens is 378 g/mol. The summed E-state index contributed by atoms with van der Waals surface area (Å²) >= 11 is 0. The minimum Gasteiger partial charge on any atom is -0.494 e. The third-order valence-corrected chi connectivity index (χ3v) is 4.95. The molecule has 0 atom stereocenters. The average Bonchev–Trinajstić information content (AvgIpc) is 3.20. The lowest BCUT2D eigenvalue weighted by Crippen LogP contribution is -2.17. The molecule has 154 valence electrons. The van der Waals surface area contributed by atoms with Gasteiger partial charge >= 0.3 is 5.76 Å². The van der Waals surface area contributed by atoms with Crippen LogP contribution in [0.4, 0.5) is 0 Å². The van der Waals surface area contributed by atoms with Crippen LogP contribution in [-0.4, -0.2) is 23.3 Å². The Morgan fingerprint density at radius 3 is 2.60 bits per heavy atom. The number of nitrogens with zero attached hydrogens (tertiary/aromatic N) is 1. The Bertz CT molecular complexity index is 1140. The topological polar surface area (TPSA) is 80.2 Å². The second-order valence-electron chi connectivity index (χ2n) is 7.25. The second kappa shape index (κ2) is 9.89. The zero-order valence-electron chi connectivity index (χ0n) is 16.8. The molecule has 0 aliphatic heterocycles. The molecule has 4 aromatic rings. The van der Waals surface area contributed by atoms with E-state index < -0.39 is 5.76 Å².